The summed E-state index contributed by atoms with van der Waals surface area (Å²) in [7, 11) is 1.72. The van der Waals surface area contributed by atoms with Crippen LogP contribution in [-0.4, -0.2) is 7.11 Å². The minimum Gasteiger partial charge on any atom is -0.380 e. The first-order chi connectivity index (χ1) is 10.2. The molecule has 0 bridgehead atoms. The smallest absolute Gasteiger partial charge is 0.0744 e. The van der Waals surface area contributed by atoms with Gasteiger partial charge in [0.1, 0.15) is 0 Å². The molecule has 0 saturated carbocycles. The number of halogens is 2. The monoisotopic (exact) mass is 411 g/mol. The van der Waals surface area contributed by atoms with E-state index in [1.165, 1.54) is 5.56 Å². The Kier molecular flexibility index (Phi) is 6.27. The van der Waals surface area contributed by atoms with E-state index in [2.05, 4.69) is 68.4 Å². The Balaban J connectivity index is 2.29. The van der Waals surface area contributed by atoms with E-state index in [-0.39, 0.29) is 6.04 Å². The zero-order chi connectivity index (χ0) is 15.2. The highest BCUT2D eigenvalue weighted by Crippen LogP contribution is 2.30. The van der Waals surface area contributed by atoms with Gasteiger partial charge in [-0.1, -0.05) is 57.0 Å². The van der Waals surface area contributed by atoms with Crippen molar-refractivity contribution < 1.29 is 4.74 Å². The van der Waals surface area contributed by atoms with E-state index in [4.69, 9.17) is 4.74 Å². The van der Waals surface area contributed by atoms with Gasteiger partial charge in [0.25, 0.3) is 0 Å². The molecule has 112 valence electrons. The van der Waals surface area contributed by atoms with Gasteiger partial charge in [-0.15, -0.1) is 0 Å². The predicted octanol–water partition coefficient (Wildman–Crippen LogP) is 5.92. The molecule has 1 N–H and O–H groups in total. The first-order valence-electron chi connectivity index (χ1n) is 6.94. The number of hydrogen-bond donors (Lipinski definition) is 1. The molecular weight excluding hydrogens is 394 g/mol. The summed E-state index contributed by atoms with van der Waals surface area (Å²) in [6.07, 6.45) is 1.01. The molecule has 0 radical (unpaired) electrons. The molecule has 0 aliphatic rings. The van der Waals surface area contributed by atoms with E-state index in [9.17, 15) is 0 Å². The number of rotatable bonds is 6. The van der Waals surface area contributed by atoms with Crippen molar-refractivity contribution in [1.29, 1.82) is 0 Å². The largest absolute Gasteiger partial charge is 0.380 e. The Bertz CT molecular complexity index is 601. The van der Waals surface area contributed by atoms with Gasteiger partial charge in [0.05, 0.1) is 12.6 Å². The highest BCUT2D eigenvalue weighted by Gasteiger charge is 2.13. The van der Waals surface area contributed by atoms with Gasteiger partial charge in [-0.2, -0.15) is 0 Å². The molecule has 0 aromatic heterocycles. The van der Waals surface area contributed by atoms with E-state index in [1.807, 2.05) is 18.2 Å². The van der Waals surface area contributed by atoms with Gasteiger partial charge < -0.3 is 10.1 Å². The van der Waals surface area contributed by atoms with E-state index in [1.54, 1.807) is 7.11 Å². The molecule has 0 heterocycles. The predicted molar refractivity (Wildman–Crippen MR) is 95.7 cm³/mol. The third-order valence-corrected chi connectivity index (χ3v) is 4.63. The molecule has 0 amide bonds. The van der Waals surface area contributed by atoms with Crippen LogP contribution in [0.15, 0.2) is 51.4 Å². The molecule has 0 fully saturated rings. The molecule has 0 saturated heterocycles. The maximum Gasteiger partial charge on any atom is 0.0744 e. The van der Waals surface area contributed by atoms with Crippen molar-refractivity contribution in [3.05, 3.63) is 62.5 Å². The average molecular weight is 413 g/mol. The van der Waals surface area contributed by atoms with E-state index in [0.717, 1.165) is 26.6 Å². The fraction of sp³-hybridized carbons (Fsp3) is 0.294. The van der Waals surface area contributed by atoms with Crippen LogP contribution in [0.3, 0.4) is 0 Å². The van der Waals surface area contributed by atoms with Crippen LogP contribution in [0, 0.1) is 0 Å². The molecule has 1 atom stereocenters. The Hall–Kier alpha value is -0.840. The average Bonchev–Trinajstić information content (AvgIpc) is 2.48. The number of hydrogen-bond acceptors (Lipinski definition) is 2. The van der Waals surface area contributed by atoms with Gasteiger partial charge in [0.2, 0.25) is 0 Å². The van der Waals surface area contributed by atoms with Crippen LogP contribution < -0.4 is 5.32 Å². The summed E-state index contributed by atoms with van der Waals surface area (Å²) in [6.45, 7) is 2.77. The van der Waals surface area contributed by atoms with Crippen molar-refractivity contribution in [3.63, 3.8) is 0 Å². The summed E-state index contributed by atoms with van der Waals surface area (Å²) in [4.78, 5) is 0. The van der Waals surface area contributed by atoms with Crippen molar-refractivity contribution in [2.24, 2.45) is 0 Å². The standard InChI is InChI=1S/C17H19Br2NO/c1-3-16(12-6-4-7-13(18)10-12)20-17-9-5-8-15(19)14(17)11-21-2/h4-10,16,20H,3,11H2,1-2H3. The SMILES string of the molecule is CCC(Nc1cccc(Br)c1COC)c1cccc(Br)c1. The van der Waals surface area contributed by atoms with Crippen LogP contribution in [0.4, 0.5) is 5.69 Å². The summed E-state index contributed by atoms with van der Waals surface area (Å²) >= 11 is 7.14. The van der Waals surface area contributed by atoms with Gasteiger partial charge in [-0.25, -0.2) is 0 Å². The van der Waals surface area contributed by atoms with Crippen molar-refractivity contribution in [3.8, 4) is 0 Å². The van der Waals surface area contributed by atoms with Crippen molar-refractivity contribution in [1.82, 2.24) is 0 Å². The molecule has 4 heteroatoms. The Morgan fingerprint density at radius 2 is 1.90 bits per heavy atom. The maximum absolute atomic E-state index is 5.31. The van der Waals surface area contributed by atoms with Crippen LogP contribution in [-0.2, 0) is 11.3 Å². The van der Waals surface area contributed by atoms with Gasteiger partial charge >= 0.3 is 0 Å². The lowest BCUT2D eigenvalue weighted by molar-refractivity contribution is 0.185. The van der Waals surface area contributed by atoms with Crippen LogP contribution in [0.1, 0.15) is 30.5 Å². The third-order valence-electron chi connectivity index (χ3n) is 3.40. The van der Waals surface area contributed by atoms with E-state index in [0.29, 0.717) is 6.61 Å². The summed E-state index contributed by atoms with van der Waals surface area (Å²) in [5.74, 6) is 0. The molecule has 2 aromatic carbocycles. The quantitative estimate of drug-likeness (QED) is 0.635. The number of nitrogens with one attached hydrogen (secondary N) is 1. The van der Waals surface area contributed by atoms with Crippen LogP contribution in [0.2, 0.25) is 0 Å². The van der Waals surface area contributed by atoms with Crippen LogP contribution in [0.5, 0.6) is 0 Å². The summed E-state index contributed by atoms with van der Waals surface area (Å²) in [5.41, 5.74) is 3.53. The lowest BCUT2D eigenvalue weighted by Gasteiger charge is -2.22. The Morgan fingerprint density at radius 3 is 2.57 bits per heavy atom. The molecule has 2 rings (SSSR count). The van der Waals surface area contributed by atoms with Gasteiger partial charge in [0.15, 0.2) is 0 Å². The van der Waals surface area contributed by atoms with Crippen LogP contribution in [0.25, 0.3) is 0 Å². The Morgan fingerprint density at radius 1 is 1.14 bits per heavy atom. The first-order valence-corrected chi connectivity index (χ1v) is 8.52. The zero-order valence-corrected chi connectivity index (χ0v) is 15.4. The normalized spacial score (nSPS) is 12.2. The fourth-order valence-electron chi connectivity index (χ4n) is 2.32. The molecule has 0 spiro atoms. The molecule has 1 unspecified atom stereocenters. The number of anilines is 1. The topological polar surface area (TPSA) is 21.3 Å². The lowest BCUT2D eigenvalue weighted by Crippen LogP contribution is -2.11. The second kappa shape index (κ2) is 7.97. The highest BCUT2D eigenvalue weighted by molar-refractivity contribution is 9.10. The molecule has 0 aliphatic carbocycles. The molecule has 2 aromatic rings. The minimum absolute atomic E-state index is 0.271. The van der Waals surface area contributed by atoms with Crippen molar-refractivity contribution in [2.45, 2.75) is 26.0 Å². The van der Waals surface area contributed by atoms with E-state index >= 15 is 0 Å². The lowest BCUT2D eigenvalue weighted by atomic mass is 10.0. The first kappa shape index (κ1) is 16.5. The minimum atomic E-state index is 0.271. The van der Waals surface area contributed by atoms with Gasteiger partial charge in [0, 0.05) is 27.3 Å². The van der Waals surface area contributed by atoms with Crippen molar-refractivity contribution in [2.75, 3.05) is 12.4 Å². The molecule has 0 aliphatic heterocycles. The Labute approximate surface area is 143 Å². The molecular formula is C17H19Br2NO. The van der Waals surface area contributed by atoms with Gasteiger partial charge in [-0.05, 0) is 36.2 Å². The molecule has 21 heavy (non-hydrogen) atoms. The second-order valence-electron chi connectivity index (χ2n) is 4.86. The second-order valence-corrected chi connectivity index (χ2v) is 6.63. The summed E-state index contributed by atoms with van der Waals surface area (Å²) in [5, 5.41) is 3.64. The highest BCUT2D eigenvalue weighted by atomic mass is 79.9. The number of methoxy groups -OCH3 is 1. The number of benzene rings is 2. The molecule has 2 nitrogen and oxygen atoms in total. The van der Waals surface area contributed by atoms with Crippen LogP contribution >= 0.6 is 31.9 Å². The maximum atomic E-state index is 5.31. The van der Waals surface area contributed by atoms with Crippen molar-refractivity contribution >= 4 is 37.5 Å². The zero-order valence-electron chi connectivity index (χ0n) is 12.2. The summed E-state index contributed by atoms with van der Waals surface area (Å²) in [6, 6.07) is 14.9. The third kappa shape index (κ3) is 4.31. The fourth-order valence-corrected chi connectivity index (χ4v) is 3.21. The summed E-state index contributed by atoms with van der Waals surface area (Å²) < 4.78 is 7.48. The number of ether oxygens (including phenoxy) is 1. The van der Waals surface area contributed by atoms with Gasteiger partial charge in [-0.3, -0.25) is 0 Å². The van der Waals surface area contributed by atoms with E-state index < -0.39 is 0 Å².